The molecule has 1 aromatic carbocycles. The Balaban J connectivity index is 1.60. The molecule has 1 aliphatic heterocycles. The lowest BCUT2D eigenvalue weighted by molar-refractivity contribution is -0.153. The molecule has 1 saturated carbocycles. The van der Waals surface area contributed by atoms with Crippen LogP contribution in [-0.2, 0) is 20.8 Å². The van der Waals surface area contributed by atoms with Gasteiger partial charge in [0.2, 0.25) is 5.78 Å². The molecule has 1 aromatic rings. The Morgan fingerprint density at radius 3 is 2.33 bits per heavy atom. The van der Waals surface area contributed by atoms with Crippen molar-refractivity contribution in [2.45, 2.75) is 31.4 Å². The number of Topliss-reactive ketones (excluding diaryl/α,β-unsaturated/α-hetero) is 4. The van der Waals surface area contributed by atoms with Crippen LogP contribution in [0.1, 0.15) is 34.8 Å². The van der Waals surface area contributed by atoms with E-state index in [1.807, 2.05) is 11.9 Å². The topological polar surface area (TPSA) is 159 Å². The maximum absolute atomic E-state index is 13.9. The SMILES string of the molecule is CC(=O)C1=C(O)[C@@]2(O)C(=O)C3=C(O)c4c(O)ccc(C(=O)CN5CCN(C)CC5)c4C[C@H]3C[C@H]2[C@H](N(C)C)C1=O. The molecule has 11 nitrogen and oxygen atoms in total. The molecule has 0 spiro atoms. The van der Waals surface area contributed by atoms with Crippen molar-refractivity contribution in [3.05, 3.63) is 45.7 Å². The Bertz CT molecular complexity index is 1390. The van der Waals surface area contributed by atoms with Crippen LogP contribution in [0.4, 0.5) is 0 Å². The van der Waals surface area contributed by atoms with Gasteiger partial charge >= 0.3 is 0 Å². The van der Waals surface area contributed by atoms with Gasteiger partial charge in [-0.1, -0.05) is 0 Å². The third-order valence-electron chi connectivity index (χ3n) is 8.97. The molecule has 1 saturated heterocycles. The number of rotatable bonds is 5. The summed E-state index contributed by atoms with van der Waals surface area (Å²) < 4.78 is 0. The summed E-state index contributed by atoms with van der Waals surface area (Å²) in [5, 5.41) is 44.8. The average molecular weight is 554 g/mol. The lowest BCUT2D eigenvalue weighted by atomic mass is 9.57. The van der Waals surface area contributed by atoms with Crippen LogP contribution in [0, 0.1) is 11.8 Å². The monoisotopic (exact) mass is 553 g/mol. The highest BCUT2D eigenvalue weighted by Gasteiger charge is 2.64. The molecule has 11 heteroatoms. The number of piperazine rings is 1. The van der Waals surface area contributed by atoms with Gasteiger partial charge in [0.1, 0.15) is 22.8 Å². The number of aromatic hydroxyl groups is 1. The van der Waals surface area contributed by atoms with E-state index in [2.05, 4.69) is 4.90 Å². The van der Waals surface area contributed by atoms with Crippen molar-refractivity contribution in [1.29, 1.82) is 0 Å². The van der Waals surface area contributed by atoms with Gasteiger partial charge < -0.3 is 25.3 Å². The van der Waals surface area contributed by atoms with Crippen molar-refractivity contribution >= 4 is 28.9 Å². The Hall–Kier alpha value is -3.38. The third kappa shape index (κ3) is 4.11. The van der Waals surface area contributed by atoms with Gasteiger partial charge in [0.15, 0.2) is 23.0 Å². The largest absolute Gasteiger partial charge is 0.508 e. The molecule has 4 atom stereocenters. The predicted octanol–water partition coefficient (Wildman–Crippen LogP) is 0.498. The standard InChI is InChI=1S/C29H35N3O8/c1-14(33)21-26(37)24(30(2)3)18-12-15-11-17-16(20(35)13-32-9-7-31(4)8-10-32)5-6-19(34)23(17)25(36)22(15)28(39)29(18,40)27(21)38/h5-6,15,18,24,34,36,38,40H,7-13H2,1-4H3/t15-,18-,24-,29+/m0/s1. The molecular formula is C29H35N3O8. The number of nitrogens with zero attached hydrogens (tertiary/aromatic N) is 3. The summed E-state index contributed by atoms with van der Waals surface area (Å²) in [4.78, 5) is 58.7. The van der Waals surface area contributed by atoms with E-state index in [1.54, 1.807) is 14.1 Å². The van der Waals surface area contributed by atoms with Gasteiger partial charge in [0, 0.05) is 43.2 Å². The zero-order chi connectivity index (χ0) is 29.3. The fourth-order valence-electron chi connectivity index (χ4n) is 6.90. The van der Waals surface area contributed by atoms with Crippen molar-refractivity contribution in [3.8, 4) is 5.75 Å². The van der Waals surface area contributed by atoms with E-state index in [0.717, 1.165) is 33.1 Å². The maximum atomic E-state index is 13.9. The molecule has 1 heterocycles. The van der Waals surface area contributed by atoms with Crippen LogP contribution in [0.5, 0.6) is 5.75 Å². The second-order valence-electron chi connectivity index (χ2n) is 11.6. The van der Waals surface area contributed by atoms with E-state index in [-0.39, 0.29) is 42.1 Å². The molecule has 3 aliphatic carbocycles. The zero-order valence-electron chi connectivity index (χ0n) is 23.1. The molecule has 2 fully saturated rings. The number of hydrogen-bond acceptors (Lipinski definition) is 11. The van der Waals surface area contributed by atoms with Crippen LogP contribution in [-0.4, -0.2) is 124 Å². The molecule has 0 radical (unpaired) electrons. The van der Waals surface area contributed by atoms with E-state index in [1.165, 1.54) is 17.0 Å². The number of aliphatic hydroxyl groups excluding tert-OH is 2. The quantitative estimate of drug-likeness (QED) is 0.297. The molecule has 5 rings (SSSR count). The van der Waals surface area contributed by atoms with Crippen molar-refractivity contribution in [1.82, 2.24) is 14.7 Å². The third-order valence-corrected chi connectivity index (χ3v) is 8.97. The van der Waals surface area contributed by atoms with Crippen molar-refractivity contribution in [3.63, 3.8) is 0 Å². The van der Waals surface area contributed by atoms with E-state index in [0.29, 0.717) is 11.1 Å². The number of carbonyl (C=O) groups is 4. The van der Waals surface area contributed by atoms with Crippen molar-refractivity contribution in [2.75, 3.05) is 53.9 Å². The van der Waals surface area contributed by atoms with Crippen LogP contribution in [0.2, 0.25) is 0 Å². The van der Waals surface area contributed by atoms with E-state index in [9.17, 15) is 39.6 Å². The van der Waals surface area contributed by atoms with Gasteiger partial charge in [-0.3, -0.25) is 29.0 Å². The molecule has 40 heavy (non-hydrogen) atoms. The van der Waals surface area contributed by atoms with E-state index >= 15 is 0 Å². The lowest BCUT2D eigenvalue weighted by Crippen LogP contribution is -2.65. The highest BCUT2D eigenvalue weighted by molar-refractivity contribution is 6.25. The van der Waals surface area contributed by atoms with Gasteiger partial charge in [0.05, 0.1) is 18.2 Å². The van der Waals surface area contributed by atoms with Crippen LogP contribution in [0.3, 0.4) is 0 Å². The van der Waals surface area contributed by atoms with Gasteiger partial charge in [-0.05, 0) is 64.5 Å². The number of benzene rings is 1. The Kier molecular flexibility index (Phi) is 6.98. The minimum atomic E-state index is -2.62. The summed E-state index contributed by atoms with van der Waals surface area (Å²) in [6.07, 6.45) is 0.107. The zero-order valence-corrected chi connectivity index (χ0v) is 23.1. The van der Waals surface area contributed by atoms with Crippen LogP contribution in [0.15, 0.2) is 29.0 Å². The fraction of sp³-hybridized carbons (Fsp3) is 0.517. The second kappa shape index (κ2) is 9.91. The first-order valence-corrected chi connectivity index (χ1v) is 13.4. The summed E-state index contributed by atoms with van der Waals surface area (Å²) in [5.74, 6) is -6.42. The first-order chi connectivity index (χ1) is 18.8. The van der Waals surface area contributed by atoms with E-state index < -0.39 is 57.9 Å². The molecule has 4 aliphatic rings. The van der Waals surface area contributed by atoms with Gasteiger partial charge in [-0.2, -0.15) is 0 Å². The molecule has 0 amide bonds. The average Bonchev–Trinajstić information content (AvgIpc) is 2.87. The number of carbonyl (C=O) groups excluding carboxylic acids is 4. The summed E-state index contributed by atoms with van der Waals surface area (Å²) in [5.41, 5.74) is -2.79. The van der Waals surface area contributed by atoms with Crippen molar-refractivity contribution in [2.24, 2.45) is 11.8 Å². The highest BCUT2D eigenvalue weighted by atomic mass is 16.3. The highest BCUT2D eigenvalue weighted by Crippen LogP contribution is 2.53. The second-order valence-corrected chi connectivity index (χ2v) is 11.6. The lowest BCUT2D eigenvalue weighted by Gasteiger charge is -2.50. The van der Waals surface area contributed by atoms with E-state index in [4.69, 9.17) is 0 Å². The Morgan fingerprint density at radius 2 is 1.73 bits per heavy atom. The van der Waals surface area contributed by atoms with Crippen LogP contribution in [0.25, 0.3) is 5.76 Å². The number of aliphatic hydroxyl groups is 3. The number of phenols is 1. The Labute approximate surface area is 232 Å². The summed E-state index contributed by atoms with van der Waals surface area (Å²) >= 11 is 0. The Morgan fingerprint density at radius 1 is 1.07 bits per heavy atom. The first kappa shape index (κ1) is 28.2. The molecule has 4 N–H and O–H groups in total. The summed E-state index contributed by atoms with van der Waals surface area (Å²) in [6, 6.07) is 1.73. The minimum absolute atomic E-state index is 0.00660. The summed E-state index contributed by atoms with van der Waals surface area (Å²) in [6.45, 7) is 4.37. The maximum Gasteiger partial charge on any atom is 0.202 e. The molecule has 0 unspecified atom stereocenters. The number of fused-ring (bicyclic) bond motifs is 3. The number of phenolic OH excluding ortho intramolecular Hbond substituents is 1. The minimum Gasteiger partial charge on any atom is -0.508 e. The van der Waals surface area contributed by atoms with Crippen LogP contribution >= 0.6 is 0 Å². The number of ketones is 4. The van der Waals surface area contributed by atoms with Gasteiger partial charge in [-0.15, -0.1) is 0 Å². The van der Waals surface area contributed by atoms with Crippen molar-refractivity contribution < 1.29 is 39.6 Å². The summed E-state index contributed by atoms with van der Waals surface area (Å²) in [7, 11) is 5.19. The van der Waals surface area contributed by atoms with Crippen LogP contribution < -0.4 is 0 Å². The molecule has 214 valence electrons. The fourth-order valence-corrected chi connectivity index (χ4v) is 6.90. The molecular weight excluding hydrogens is 518 g/mol. The number of likely N-dealkylation sites (N-methyl/N-ethyl adjacent to an activating group) is 2. The van der Waals surface area contributed by atoms with Gasteiger partial charge in [0.25, 0.3) is 0 Å². The molecule has 0 aromatic heterocycles. The van der Waals surface area contributed by atoms with Gasteiger partial charge in [-0.25, -0.2) is 0 Å². The normalized spacial score (nSPS) is 29.4. The molecule has 0 bridgehead atoms. The number of hydrogen-bond donors (Lipinski definition) is 4. The first-order valence-electron chi connectivity index (χ1n) is 13.4. The predicted molar refractivity (Wildman–Crippen MR) is 144 cm³/mol. The smallest absolute Gasteiger partial charge is 0.202 e.